The molecule has 16 heteroatoms. The summed E-state index contributed by atoms with van der Waals surface area (Å²) < 4.78 is 0. The van der Waals surface area contributed by atoms with Crippen LogP contribution in [0.1, 0.15) is 0 Å². The second-order valence-corrected chi connectivity index (χ2v) is 28.2. The molecule has 0 aliphatic heterocycles. The first-order valence-corrected chi connectivity index (χ1v) is 33.6. The Labute approximate surface area is 609 Å². The van der Waals surface area contributed by atoms with Crippen LogP contribution in [0.15, 0.2) is 364 Å². The van der Waals surface area contributed by atoms with Crippen LogP contribution in [-0.2, 0) is 89.5 Å². The van der Waals surface area contributed by atoms with Crippen LogP contribution in [-0.4, -0.2) is 0 Å². The van der Waals surface area contributed by atoms with Gasteiger partial charge in [0.2, 0.25) is 0 Å². The molecule has 92 heavy (non-hydrogen) atoms. The number of hydrogen-bond donors (Lipinski definition) is 0. The summed E-state index contributed by atoms with van der Waals surface area (Å²) >= 11 is 0. The second kappa shape index (κ2) is 52.0. The van der Waals surface area contributed by atoms with Gasteiger partial charge < -0.3 is 20.4 Å². The molecule has 0 saturated heterocycles. The van der Waals surface area contributed by atoms with E-state index in [1.54, 1.807) is 0 Å². The molecule has 0 heterocycles. The topological polar surface area (TPSA) is 187 Å². The van der Waals surface area contributed by atoms with Crippen LogP contribution in [0.3, 0.4) is 0 Å². The summed E-state index contributed by atoms with van der Waals surface area (Å²) in [5.74, 6) is 0. The van der Waals surface area contributed by atoms with E-state index in [2.05, 4.69) is 364 Å². The maximum Gasteiger partial charge on any atom is 1.00 e. The Balaban J connectivity index is 0.000000571. The van der Waals surface area contributed by atoms with Gasteiger partial charge in [-0.15, -0.1) is 0 Å². The van der Waals surface area contributed by atoms with Crippen LogP contribution in [0.2, 0.25) is 0 Å². The summed E-state index contributed by atoms with van der Waals surface area (Å²) in [6.45, 7) is 0. The minimum atomic E-state index is -0.877. The molecule has 0 N–H and O–H groups in total. The van der Waals surface area contributed by atoms with Crippen molar-refractivity contribution in [2.75, 3.05) is 0 Å². The van der Waals surface area contributed by atoms with Crippen molar-refractivity contribution < 1.29 is 110 Å². The summed E-state index contributed by atoms with van der Waals surface area (Å²) in [4.78, 5) is 0. The Morgan fingerprint density at radius 2 is 0.207 bits per heavy atom. The predicted octanol–water partition coefficient (Wildman–Crippen LogP) is 8.01. The molecular weight excluding hydrogens is 1590 g/mol. The average Bonchev–Trinajstić information content (AvgIpc) is 1.73. The summed E-state index contributed by atoms with van der Waals surface area (Å²) in [5.41, 5.74) is 0. The zero-order valence-electron chi connectivity index (χ0n) is 49.3. The smallest absolute Gasteiger partial charge is 0.812 e. The first-order valence-electron chi connectivity index (χ1n) is 27.6. The quantitative estimate of drug-likeness (QED) is 0.0669. The van der Waals surface area contributed by atoms with Gasteiger partial charge in [0.05, 0.1) is 31.7 Å². The molecule has 12 aromatic rings. The molecule has 0 aliphatic rings. The third kappa shape index (κ3) is 29.4. The second-order valence-electron chi connectivity index (χ2n) is 18.3. The van der Waals surface area contributed by atoms with Crippen LogP contribution in [0.5, 0.6) is 0 Å². The molecule has 0 aliphatic carbocycles. The van der Waals surface area contributed by atoms with Gasteiger partial charge in [0, 0.05) is 25.0 Å². The van der Waals surface area contributed by atoms with E-state index in [1.807, 2.05) is 0 Å². The van der Waals surface area contributed by atoms with Crippen LogP contribution >= 0.6 is 31.7 Å². The third-order valence-corrected chi connectivity index (χ3v) is 23.7. The molecule has 0 fully saturated rings. The Hall–Kier alpha value is -7.52. The monoisotopic (exact) mass is 1650 g/mol. The van der Waals surface area contributed by atoms with Gasteiger partial charge in [-0.25, -0.2) is 21.0 Å². The molecule has 0 spiro atoms. The van der Waals surface area contributed by atoms with Crippen molar-refractivity contribution in [1.82, 2.24) is 0 Å². The molecule has 12 rings (SSSR count). The van der Waals surface area contributed by atoms with Crippen molar-refractivity contribution in [3.8, 4) is 25.0 Å². The summed E-state index contributed by atoms with van der Waals surface area (Å²) in [6.07, 6.45) is 2.00. The van der Waals surface area contributed by atoms with Gasteiger partial charge in [0.25, 0.3) is 0 Å². The van der Waals surface area contributed by atoms with E-state index in [4.69, 9.17) is 41.5 Å². The molecule has 0 bridgehead atoms. The van der Waals surface area contributed by atoms with E-state index in [1.165, 1.54) is 63.7 Å². The minimum Gasteiger partial charge on any atom is -0.812 e. The normalized spacial score (nSPS) is 9.04. The molecule has 0 aromatic heterocycles. The van der Waals surface area contributed by atoms with Crippen molar-refractivity contribution in [3.05, 3.63) is 364 Å². The van der Waals surface area contributed by atoms with Gasteiger partial charge in [-0.3, -0.25) is 0 Å². The van der Waals surface area contributed by atoms with Crippen molar-refractivity contribution in [1.29, 1.82) is 21.0 Å². The van der Waals surface area contributed by atoms with Crippen molar-refractivity contribution in [3.63, 3.8) is 0 Å². The maximum atomic E-state index is 8.24. The first-order chi connectivity index (χ1) is 43.5. The zero-order valence-corrected chi connectivity index (χ0v) is 59.2. The average molecular weight is 1650 g/mol. The fraction of sp³-hybridized carbons (Fsp3) is 0. The van der Waals surface area contributed by atoms with E-state index in [-0.39, 0.29) is 89.5 Å². The largest absolute Gasteiger partial charge is 1.00 e. The summed E-state index contributed by atoms with van der Waals surface area (Å²) in [5, 5.41) is 77.2. The van der Waals surface area contributed by atoms with Crippen molar-refractivity contribution >= 4 is 95.3 Å². The Morgan fingerprint density at radius 1 is 0.152 bits per heavy atom. The summed E-state index contributed by atoms with van der Waals surface area (Å²) in [7, 11) is -3.51. The summed E-state index contributed by atoms with van der Waals surface area (Å²) in [6, 6.07) is 130. The molecule has 8 nitrogen and oxygen atoms in total. The van der Waals surface area contributed by atoms with E-state index in [0.717, 1.165) is 0 Å². The number of nitriles is 4. The van der Waals surface area contributed by atoms with E-state index < -0.39 is 31.7 Å². The molecule has 0 saturated carbocycles. The molecule has 12 aromatic carbocycles. The Bertz CT molecular complexity index is 3000. The van der Waals surface area contributed by atoms with Gasteiger partial charge in [-0.1, -0.05) is 218 Å². The van der Waals surface area contributed by atoms with Crippen LogP contribution < -0.4 is 84.1 Å². The van der Waals surface area contributed by atoms with Crippen molar-refractivity contribution in [2.24, 2.45) is 0 Å². The maximum absolute atomic E-state index is 8.24. The Morgan fingerprint density at radius 3 is 0.261 bits per heavy atom. The van der Waals surface area contributed by atoms with Gasteiger partial charge in [-0.2, -0.15) is 0 Å². The van der Waals surface area contributed by atoms with Crippen LogP contribution in [0.25, 0.3) is 0 Å². The van der Waals surface area contributed by atoms with Crippen LogP contribution in [0.4, 0.5) is 0 Å². The third-order valence-electron chi connectivity index (χ3n) is 12.7. The molecule has 0 amide bonds. The first kappa shape index (κ1) is 82.5. The molecule has 0 unspecified atom stereocenters. The van der Waals surface area contributed by atoms with Crippen molar-refractivity contribution in [2.45, 2.75) is 0 Å². The van der Waals surface area contributed by atoms with Crippen LogP contribution in [0, 0.1) is 46.1 Å². The van der Waals surface area contributed by atoms with E-state index in [9.17, 15) is 0 Å². The van der Waals surface area contributed by atoms with Gasteiger partial charge >= 0.3 is 89.5 Å². The Kier molecular flexibility index (Phi) is 46.6. The van der Waals surface area contributed by atoms with Gasteiger partial charge in [0.15, 0.2) is 0 Å². The van der Waals surface area contributed by atoms with Gasteiger partial charge in [0.1, 0.15) is 63.7 Å². The predicted molar refractivity (Wildman–Crippen MR) is 369 cm³/mol. The molecule has 472 valence electrons. The standard InChI is InChI=1S/4C18H15P.4CHNO.4Ag/c4*1-4-10-16(11-5-1)19(17-12-6-2-7-13-17)18-14-8-3-9-15-18;4*2-1-3;;;;/h4*1-15H;4*3H;;;;/q;;;;;;;;4*+1. The molecular formula is C76H64Ag4N4O4P4+4. The van der Waals surface area contributed by atoms with Gasteiger partial charge in [-0.05, 0) is 146 Å². The number of benzene rings is 12. The zero-order chi connectivity index (χ0) is 62.5. The number of rotatable bonds is 12. The fourth-order valence-corrected chi connectivity index (χ4v) is 19.6. The van der Waals surface area contributed by atoms with E-state index in [0.29, 0.717) is 25.0 Å². The minimum absolute atomic E-state index is 0. The fourth-order valence-electron chi connectivity index (χ4n) is 9.26. The molecule has 0 radical (unpaired) electrons. The molecule has 0 atom stereocenters. The SMILES string of the molecule is N#C[O-].N#C[O-].N#C[O-].N#C[O-].[Ag+].[Ag+].[Ag+].[Ag+].c1ccc([PH+](c2ccccc2)c2ccccc2)cc1.c1ccc([PH+](c2ccccc2)c2ccccc2)cc1.c1ccc([PH+](c2ccccc2)c2ccccc2)cc1.c1ccc([PH+](c2ccccc2)c2ccccc2)cc1. The number of nitrogens with zero attached hydrogens (tertiary/aromatic N) is 4. The number of hydrogen-bond acceptors (Lipinski definition) is 8. The van der Waals surface area contributed by atoms with E-state index >= 15 is 0 Å².